The van der Waals surface area contributed by atoms with Crippen molar-refractivity contribution in [1.29, 1.82) is 0 Å². The van der Waals surface area contributed by atoms with Gasteiger partial charge < -0.3 is 14.1 Å². The molecule has 1 aromatic rings. The third-order valence-electron chi connectivity index (χ3n) is 2.52. The molecule has 0 N–H and O–H groups in total. The van der Waals surface area contributed by atoms with E-state index in [1.54, 1.807) is 14.0 Å². The van der Waals surface area contributed by atoms with Gasteiger partial charge in [-0.05, 0) is 26.0 Å². The van der Waals surface area contributed by atoms with Crippen LogP contribution in [-0.4, -0.2) is 37.0 Å². The van der Waals surface area contributed by atoms with Crippen molar-refractivity contribution in [3.8, 4) is 0 Å². The lowest BCUT2D eigenvalue weighted by Gasteiger charge is -2.15. The monoisotopic (exact) mass is 253 g/mol. The van der Waals surface area contributed by atoms with E-state index in [0.717, 1.165) is 11.5 Å². The number of hydrogen-bond donors (Lipinski definition) is 0. The molecule has 0 aliphatic heterocycles. The van der Waals surface area contributed by atoms with Crippen LogP contribution in [0.1, 0.15) is 24.9 Å². The Hall–Kier alpha value is -1.78. The number of rotatable bonds is 6. The number of hydrogen-bond acceptors (Lipinski definition) is 4. The van der Waals surface area contributed by atoms with E-state index in [0.29, 0.717) is 19.6 Å². The summed E-state index contributed by atoms with van der Waals surface area (Å²) in [6.45, 7) is 4.40. The maximum atomic E-state index is 11.6. The van der Waals surface area contributed by atoms with Crippen LogP contribution in [0.5, 0.6) is 0 Å². The summed E-state index contributed by atoms with van der Waals surface area (Å²) in [7, 11) is 1.66. The largest absolute Gasteiger partial charge is 0.466 e. The second-order valence-electron chi connectivity index (χ2n) is 4.06. The van der Waals surface area contributed by atoms with Crippen molar-refractivity contribution in [2.75, 3.05) is 20.2 Å². The first-order valence-electron chi connectivity index (χ1n) is 5.97. The van der Waals surface area contributed by atoms with Crippen LogP contribution in [0.25, 0.3) is 0 Å². The van der Waals surface area contributed by atoms with E-state index < -0.39 is 5.97 Å². The number of carbonyl (C=O) groups excluding carboxylic acids is 2. The SMILES string of the molecule is CCOC(=O)CC(=O)N(C)CCc1ccc(C)o1. The van der Waals surface area contributed by atoms with Crippen molar-refractivity contribution in [3.05, 3.63) is 23.7 Å². The highest BCUT2D eigenvalue weighted by atomic mass is 16.5. The van der Waals surface area contributed by atoms with Crippen molar-refractivity contribution in [2.24, 2.45) is 0 Å². The summed E-state index contributed by atoms with van der Waals surface area (Å²) < 4.78 is 10.1. The summed E-state index contributed by atoms with van der Waals surface area (Å²) in [6.07, 6.45) is 0.431. The molecule has 0 saturated heterocycles. The summed E-state index contributed by atoms with van der Waals surface area (Å²) in [6, 6.07) is 3.77. The van der Waals surface area contributed by atoms with Gasteiger partial charge in [-0.3, -0.25) is 9.59 Å². The minimum absolute atomic E-state index is 0.207. The van der Waals surface area contributed by atoms with Crippen molar-refractivity contribution in [2.45, 2.75) is 26.7 Å². The van der Waals surface area contributed by atoms with E-state index in [1.165, 1.54) is 4.90 Å². The Labute approximate surface area is 107 Å². The molecule has 5 heteroatoms. The first-order valence-corrected chi connectivity index (χ1v) is 5.97. The van der Waals surface area contributed by atoms with Crippen LogP contribution >= 0.6 is 0 Å². The van der Waals surface area contributed by atoms with E-state index >= 15 is 0 Å². The minimum Gasteiger partial charge on any atom is -0.466 e. The standard InChI is InChI=1S/C13H19NO4/c1-4-17-13(16)9-12(15)14(3)8-7-11-6-5-10(2)18-11/h5-6H,4,7-9H2,1-3H3. The number of likely N-dealkylation sites (N-methyl/N-ethyl adjacent to an activating group) is 1. The van der Waals surface area contributed by atoms with E-state index in [9.17, 15) is 9.59 Å². The lowest BCUT2D eigenvalue weighted by molar-refractivity contribution is -0.148. The van der Waals surface area contributed by atoms with E-state index in [4.69, 9.17) is 9.15 Å². The zero-order valence-electron chi connectivity index (χ0n) is 11.1. The average molecular weight is 253 g/mol. The van der Waals surface area contributed by atoms with Crippen LogP contribution in [0, 0.1) is 6.92 Å². The quantitative estimate of drug-likeness (QED) is 0.570. The lowest BCUT2D eigenvalue weighted by atomic mass is 10.3. The number of ether oxygens (including phenoxy) is 1. The summed E-state index contributed by atoms with van der Waals surface area (Å²) >= 11 is 0. The number of carbonyl (C=O) groups is 2. The third kappa shape index (κ3) is 4.61. The molecule has 0 atom stereocenters. The fourth-order valence-electron chi connectivity index (χ4n) is 1.49. The number of aryl methyl sites for hydroxylation is 1. The molecule has 0 aliphatic rings. The van der Waals surface area contributed by atoms with Crippen LogP contribution in [0.3, 0.4) is 0 Å². The van der Waals surface area contributed by atoms with Crippen LogP contribution in [0.2, 0.25) is 0 Å². The maximum absolute atomic E-state index is 11.6. The van der Waals surface area contributed by atoms with Gasteiger partial charge in [-0.2, -0.15) is 0 Å². The molecule has 0 saturated carbocycles. The van der Waals surface area contributed by atoms with E-state index in [-0.39, 0.29) is 12.3 Å². The maximum Gasteiger partial charge on any atom is 0.315 e. The van der Waals surface area contributed by atoms with Crippen molar-refractivity contribution < 1.29 is 18.7 Å². The molecule has 0 spiro atoms. The lowest BCUT2D eigenvalue weighted by Crippen LogP contribution is -2.30. The van der Waals surface area contributed by atoms with Gasteiger partial charge in [0.2, 0.25) is 5.91 Å². The Morgan fingerprint density at radius 1 is 1.39 bits per heavy atom. The van der Waals surface area contributed by atoms with Crippen LogP contribution in [0.4, 0.5) is 0 Å². The van der Waals surface area contributed by atoms with Gasteiger partial charge in [0.1, 0.15) is 17.9 Å². The normalized spacial score (nSPS) is 10.2. The number of nitrogens with zero attached hydrogens (tertiary/aromatic N) is 1. The van der Waals surface area contributed by atoms with Gasteiger partial charge in [0.05, 0.1) is 6.61 Å². The molecule has 18 heavy (non-hydrogen) atoms. The highest BCUT2D eigenvalue weighted by molar-refractivity contribution is 5.94. The Balaban J connectivity index is 2.33. The Bertz CT molecular complexity index is 411. The summed E-state index contributed by atoms with van der Waals surface area (Å²) in [5, 5.41) is 0. The molecule has 1 amide bonds. The Kier molecular flexibility index (Phi) is 5.42. The highest BCUT2D eigenvalue weighted by Crippen LogP contribution is 2.07. The van der Waals surface area contributed by atoms with Gasteiger partial charge in [0.25, 0.3) is 0 Å². The van der Waals surface area contributed by atoms with Gasteiger partial charge in [-0.1, -0.05) is 0 Å². The summed E-state index contributed by atoms with van der Waals surface area (Å²) in [5.74, 6) is 0.966. The number of furan rings is 1. The summed E-state index contributed by atoms with van der Waals surface area (Å²) in [4.78, 5) is 24.3. The molecule has 5 nitrogen and oxygen atoms in total. The molecular weight excluding hydrogens is 234 g/mol. The molecule has 0 aliphatic carbocycles. The van der Waals surface area contributed by atoms with E-state index in [2.05, 4.69) is 0 Å². The molecule has 0 fully saturated rings. The van der Waals surface area contributed by atoms with Gasteiger partial charge >= 0.3 is 5.97 Å². The average Bonchev–Trinajstić information content (AvgIpc) is 2.72. The van der Waals surface area contributed by atoms with Crippen LogP contribution in [0.15, 0.2) is 16.5 Å². The molecular formula is C13H19NO4. The first-order chi connectivity index (χ1) is 8.52. The fraction of sp³-hybridized carbons (Fsp3) is 0.538. The zero-order valence-corrected chi connectivity index (χ0v) is 11.1. The third-order valence-corrected chi connectivity index (χ3v) is 2.52. The van der Waals surface area contributed by atoms with Crippen molar-refractivity contribution >= 4 is 11.9 Å². The predicted octanol–water partition coefficient (Wildman–Crippen LogP) is 1.54. The molecule has 0 bridgehead atoms. The first kappa shape index (κ1) is 14.3. The van der Waals surface area contributed by atoms with Gasteiger partial charge in [0.15, 0.2) is 0 Å². The minimum atomic E-state index is -0.483. The number of amides is 1. The molecule has 1 rings (SSSR count). The molecule has 1 heterocycles. The Morgan fingerprint density at radius 3 is 2.67 bits per heavy atom. The smallest absolute Gasteiger partial charge is 0.315 e. The van der Waals surface area contributed by atoms with Crippen molar-refractivity contribution in [1.82, 2.24) is 4.90 Å². The second-order valence-corrected chi connectivity index (χ2v) is 4.06. The molecule has 100 valence electrons. The van der Waals surface area contributed by atoms with Crippen LogP contribution < -0.4 is 0 Å². The number of esters is 1. The van der Waals surface area contributed by atoms with Crippen molar-refractivity contribution in [3.63, 3.8) is 0 Å². The molecule has 0 radical (unpaired) electrons. The molecule has 0 aromatic carbocycles. The fourth-order valence-corrected chi connectivity index (χ4v) is 1.49. The Morgan fingerprint density at radius 2 is 2.11 bits per heavy atom. The zero-order chi connectivity index (χ0) is 13.5. The predicted molar refractivity (Wildman–Crippen MR) is 66.0 cm³/mol. The topological polar surface area (TPSA) is 59.8 Å². The van der Waals surface area contributed by atoms with Gasteiger partial charge in [-0.25, -0.2) is 0 Å². The highest BCUT2D eigenvalue weighted by Gasteiger charge is 2.14. The molecule has 1 aromatic heterocycles. The summed E-state index contributed by atoms with van der Waals surface area (Å²) in [5.41, 5.74) is 0. The van der Waals surface area contributed by atoms with Crippen LogP contribution in [-0.2, 0) is 20.7 Å². The molecule has 0 unspecified atom stereocenters. The van der Waals surface area contributed by atoms with Gasteiger partial charge in [0, 0.05) is 20.0 Å². The van der Waals surface area contributed by atoms with E-state index in [1.807, 2.05) is 19.1 Å². The second kappa shape index (κ2) is 6.83. The van der Waals surface area contributed by atoms with Gasteiger partial charge in [-0.15, -0.1) is 0 Å².